The van der Waals surface area contributed by atoms with Crippen LogP contribution in [0.25, 0.3) is 0 Å². The van der Waals surface area contributed by atoms with Gasteiger partial charge in [-0.05, 0) is 40.3 Å². The fraction of sp³-hybridized carbons (Fsp3) is 0.0769. The summed E-state index contributed by atoms with van der Waals surface area (Å²) in [6.45, 7) is 0.220. The van der Waals surface area contributed by atoms with Gasteiger partial charge in [-0.25, -0.2) is 4.39 Å². The molecule has 0 heterocycles. The van der Waals surface area contributed by atoms with Crippen LogP contribution in [-0.2, 0) is 6.61 Å². The molecule has 2 rings (SSSR count). The summed E-state index contributed by atoms with van der Waals surface area (Å²) in [6, 6.07) is 11.9. The minimum atomic E-state index is -0.943. The molecule has 0 bridgehead atoms. The van der Waals surface area contributed by atoms with E-state index in [0.717, 1.165) is 11.6 Å². The Morgan fingerprint density at radius 2 is 1.76 bits per heavy atom. The molecule has 0 saturated carbocycles. The predicted octanol–water partition coefficient (Wildman–Crippen LogP) is 4.15. The van der Waals surface area contributed by atoms with E-state index in [4.69, 9.17) is 4.74 Å². The first-order chi connectivity index (χ1) is 8.16. The normalized spacial score (nSPS) is 10.3. The van der Waals surface area contributed by atoms with Crippen LogP contribution in [0.15, 0.2) is 42.5 Å². The molecule has 0 aliphatic rings. The first-order valence-corrected chi connectivity index (χ1v) is 6.06. The molecule has 0 radical (unpaired) electrons. The summed E-state index contributed by atoms with van der Waals surface area (Å²) in [5.74, 6) is -1.89. The van der Waals surface area contributed by atoms with Crippen molar-refractivity contribution in [2.75, 3.05) is 0 Å². The average molecular weight is 346 g/mol. The van der Waals surface area contributed by atoms with Crippen molar-refractivity contribution in [3.05, 3.63) is 63.2 Å². The third-order valence-corrected chi connectivity index (χ3v) is 2.82. The van der Waals surface area contributed by atoms with Gasteiger partial charge in [-0.1, -0.05) is 30.3 Å². The summed E-state index contributed by atoms with van der Waals surface area (Å²) in [5.41, 5.74) is 0.908. The lowest BCUT2D eigenvalue weighted by atomic mass is 10.2. The zero-order chi connectivity index (χ0) is 12.3. The molecular formula is C13H9F2IO. The highest BCUT2D eigenvalue weighted by Crippen LogP contribution is 2.24. The van der Waals surface area contributed by atoms with Gasteiger partial charge in [0.15, 0.2) is 11.6 Å². The Labute approximate surface area is 112 Å². The molecule has 0 aliphatic carbocycles. The molecule has 1 nitrogen and oxygen atoms in total. The lowest BCUT2D eigenvalue weighted by Crippen LogP contribution is -1.99. The van der Waals surface area contributed by atoms with Crippen molar-refractivity contribution in [1.29, 1.82) is 0 Å². The van der Waals surface area contributed by atoms with E-state index in [1.165, 1.54) is 6.07 Å². The Kier molecular flexibility index (Phi) is 3.93. The molecule has 0 amide bonds. The van der Waals surface area contributed by atoms with Crippen molar-refractivity contribution in [3.8, 4) is 5.75 Å². The van der Waals surface area contributed by atoms with E-state index in [1.54, 1.807) is 0 Å². The third kappa shape index (κ3) is 3.15. The van der Waals surface area contributed by atoms with E-state index in [2.05, 4.69) is 0 Å². The maximum absolute atomic E-state index is 13.4. The van der Waals surface area contributed by atoms with Crippen LogP contribution in [0.1, 0.15) is 5.56 Å². The zero-order valence-corrected chi connectivity index (χ0v) is 10.9. The molecule has 4 heteroatoms. The number of ether oxygens (including phenoxy) is 1. The van der Waals surface area contributed by atoms with Crippen LogP contribution in [0.2, 0.25) is 0 Å². The van der Waals surface area contributed by atoms with Crippen LogP contribution in [0, 0.1) is 15.2 Å². The first-order valence-electron chi connectivity index (χ1n) is 4.98. The highest BCUT2D eigenvalue weighted by Gasteiger charge is 2.11. The Bertz CT molecular complexity index is 514. The SMILES string of the molecule is Fc1cc(I)cc(OCc2ccccc2)c1F. The lowest BCUT2D eigenvalue weighted by Gasteiger charge is -2.08. The van der Waals surface area contributed by atoms with Gasteiger partial charge < -0.3 is 4.74 Å². The second-order valence-corrected chi connectivity index (χ2v) is 4.72. The standard InChI is InChI=1S/C13H9F2IO/c14-11-6-10(16)7-12(13(11)15)17-8-9-4-2-1-3-5-9/h1-7H,8H2. The molecule has 2 aromatic carbocycles. The largest absolute Gasteiger partial charge is 0.486 e. The van der Waals surface area contributed by atoms with Gasteiger partial charge in [0.2, 0.25) is 5.82 Å². The van der Waals surface area contributed by atoms with Crippen LogP contribution < -0.4 is 4.74 Å². The summed E-state index contributed by atoms with van der Waals surface area (Å²) in [6.07, 6.45) is 0. The molecule has 2 aromatic rings. The summed E-state index contributed by atoms with van der Waals surface area (Å²) < 4.78 is 32.4. The van der Waals surface area contributed by atoms with Gasteiger partial charge in [0, 0.05) is 3.57 Å². The molecule has 0 unspecified atom stereocenters. The summed E-state index contributed by atoms with van der Waals surface area (Å²) >= 11 is 1.92. The Hall–Kier alpha value is -1.17. The highest BCUT2D eigenvalue weighted by molar-refractivity contribution is 14.1. The fourth-order valence-corrected chi connectivity index (χ4v) is 1.93. The smallest absolute Gasteiger partial charge is 0.200 e. The van der Waals surface area contributed by atoms with E-state index in [-0.39, 0.29) is 12.4 Å². The zero-order valence-electron chi connectivity index (χ0n) is 8.79. The quantitative estimate of drug-likeness (QED) is 0.599. The second-order valence-electron chi connectivity index (χ2n) is 3.47. The molecule has 17 heavy (non-hydrogen) atoms. The van der Waals surface area contributed by atoms with Crippen molar-refractivity contribution in [2.24, 2.45) is 0 Å². The Morgan fingerprint density at radius 3 is 2.47 bits per heavy atom. The van der Waals surface area contributed by atoms with Crippen LogP contribution in [0.3, 0.4) is 0 Å². The van der Waals surface area contributed by atoms with E-state index >= 15 is 0 Å². The number of benzene rings is 2. The van der Waals surface area contributed by atoms with Crippen LogP contribution in [0.5, 0.6) is 5.75 Å². The Balaban J connectivity index is 2.14. The van der Waals surface area contributed by atoms with Gasteiger partial charge in [0.1, 0.15) is 6.61 Å². The molecule has 0 N–H and O–H groups in total. The van der Waals surface area contributed by atoms with Crippen molar-refractivity contribution < 1.29 is 13.5 Å². The van der Waals surface area contributed by atoms with E-state index in [9.17, 15) is 8.78 Å². The number of hydrogen-bond donors (Lipinski definition) is 0. The van der Waals surface area contributed by atoms with Gasteiger partial charge in [-0.2, -0.15) is 4.39 Å². The fourth-order valence-electron chi connectivity index (χ4n) is 1.37. The molecule has 88 valence electrons. The number of hydrogen-bond acceptors (Lipinski definition) is 1. The van der Waals surface area contributed by atoms with Crippen molar-refractivity contribution in [2.45, 2.75) is 6.61 Å². The maximum Gasteiger partial charge on any atom is 0.200 e. The van der Waals surface area contributed by atoms with Gasteiger partial charge in [-0.3, -0.25) is 0 Å². The topological polar surface area (TPSA) is 9.23 Å². The van der Waals surface area contributed by atoms with Gasteiger partial charge in [0.05, 0.1) is 0 Å². The number of halogens is 3. The molecule has 0 aromatic heterocycles. The predicted molar refractivity (Wildman–Crippen MR) is 69.8 cm³/mol. The van der Waals surface area contributed by atoms with Gasteiger partial charge in [-0.15, -0.1) is 0 Å². The first kappa shape index (κ1) is 12.3. The van der Waals surface area contributed by atoms with Crippen LogP contribution >= 0.6 is 22.6 Å². The third-order valence-electron chi connectivity index (χ3n) is 2.20. The average Bonchev–Trinajstić information content (AvgIpc) is 2.33. The summed E-state index contributed by atoms with van der Waals surface area (Å²) in [7, 11) is 0. The van der Waals surface area contributed by atoms with Crippen LogP contribution in [0.4, 0.5) is 8.78 Å². The molecule has 0 aliphatic heterocycles. The molecule has 0 spiro atoms. The van der Waals surface area contributed by atoms with Crippen LogP contribution in [-0.4, -0.2) is 0 Å². The minimum absolute atomic E-state index is 0.0572. The summed E-state index contributed by atoms with van der Waals surface area (Å²) in [4.78, 5) is 0. The molecule has 0 atom stereocenters. The van der Waals surface area contributed by atoms with Gasteiger partial charge in [0.25, 0.3) is 0 Å². The van der Waals surface area contributed by atoms with E-state index in [1.807, 2.05) is 52.9 Å². The molecule has 0 saturated heterocycles. The monoisotopic (exact) mass is 346 g/mol. The van der Waals surface area contributed by atoms with E-state index in [0.29, 0.717) is 3.57 Å². The minimum Gasteiger partial charge on any atom is -0.486 e. The van der Waals surface area contributed by atoms with Gasteiger partial charge >= 0.3 is 0 Å². The maximum atomic E-state index is 13.4. The second kappa shape index (κ2) is 5.44. The molecular weight excluding hydrogens is 337 g/mol. The summed E-state index contributed by atoms with van der Waals surface area (Å²) in [5, 5.41) is 0. The van der Waals surface area contributed by atoms with Crippen molar-refractivity contribution >= 4 is 22.6 Å². The lowest BCUT2D eigenvalue weighted by molar-refractivity contribution is 0.284. The molecule has 0 fully saturated rings. The highest BCUT2D eigenvalue weighted by atomic mass is 127. The van der Waals surface area contributed by atoms with Crippen molar-refractivity contribution in [3.63, 3.8) is 0 Å². The van der Waals surface area contributed by atoms with E-state index < -0.39 is 11.6 Å². The number of rotatable bonds is 3. The Morgan fingerprint density at radius 1 is 1.06 bits per heavy atom. The van der Waals surface area contributed by atoms with Crippen molar-refractivity contribution in [1.82, 2.24) is 0 Å².